The molecular formula is C13H11ClN2O. The summed E-state index contributed by atoms with van der Waals surface area (Å²) in [6.07, 6.45) is 1.48. The molecule has 0 aliphatic heterocycles. The number of nitrogens with two attached hydrogens (primary N) is 1. The summed E-state index contributed by atoms with van der Waals surface area (Å²) in [5, 5.41) is 0.414. The maximum atomic E-state index is 12.2. The van der Waals surface area contributed by atoms with Crippen LogP contribution in [0.3, 0.4) is 0 Å². The normalized spacial score (nSPS) is 10.2. The molecule has 0 amide bonds. The summed E-state index contributed by atoms with van der Waals surface area (Å²) in [6.45, 7) is 1.82. The lowest BCUT2D eigenvalue weighted by molar-refractivity contribution is 0.103. The van der Waals surface area contributed by atoms with Gasteiger partial charge in [-0.05, 0) is 25.1 Å². The Balaban J connectivity index is 2.48. The van der Waals surface area contributed by atoms with Crippen molar-refractivity contribution in [1.82, 2.24) is 4.98 Å². The molecule has 0 atom stereocenters. The van der Waals surface area contributed by atoms with E-state index >= 15 is 0 Å². The number of rotatable bonds is 2. The molecule has 0 bridgehead atoms. The lowest BCUT2D eigenvalue weighted by Gasteiger charge is -2.06. The molecule has 1 heterocycles. The van der Waals surface area contributed by atoms with Gasteiger partial charge in [-0.25, -0.2) is 0 Å². The van der Waals surface area contributed by atoms with E-state index in [1.54, 1.807) is 30.3 Å². The number of aromatic nitrogens is 1. The fraction of sp³-hybridized carbons (Fsp3) is 0.0769. The van der Waals surface area contributed by atoms with Crippen LogP contribution in [0.1, 0.15) is 21.6 Å². The Bertz CT molecular complexity index is 581. The fourth-order valence-electron chi connectivity index (χ4n) is 1.56. The average Bonchev–Trinajstić information content (AvgIpc) is 2.29. The van der Waals surface area contributed by atoms with E-state index in [0.29, 0.717) is 21.8 Å². The molecule has 2 rings (SSSR count). The third kappa shape index (κ3) is 2.29. The molecule has 1 aromatic heterocycles. The number of pyridine rings is 1. The molecule has 0 aliphatic rings. The Labute approximate surface area is 104 Å². The van der Waals surface area contributed by atoms with Gasteiger partial charge in [-0.2, -0.15) is 0 Å². The molecule has 17 heavy (non-hydrogen) atoms. The number of hydrogen-bond acceptors (Lipinski definition) is 3. The standard InChI is InChI=1S/C13H11ClN2O/c1-8-6-12(15)10(7-16-8)13(17)9-4-2-3-5-11(9)14/h2-7H,1H3,(H2,15,16). The van der Waals surface area contributed by atoms with Crippen LogP contribution < -0.4 is 5.73 Å². The van der Waals surface area contributed by atoms with Crippen LogP contribution >= 0.6 is 11.6 Å². The molecule has 1 aromatic carbocycles. The van der Waals surface area contributed by atoms with Crippen molar-refractivity contribution in [3.63, 3.8) is 0 Å². The number of nitrogen functional groups attached to an aromatic ring is 1. The molecule has 3 nitrogen and oxygen atoms in total. The SMILES string of the molecule is Cc1cc(N)c(C(=O)c2ccccc2Cl)cn1. The van der Waals surface area contributed by atoms with Crippen molar-refractivity contribution < 1.29 is 4.79 Å². The Kier molecular flexibility index (Phi) is 3.11. The van der Waals surface area contributed by atoms with Gasteiger partial charge in [0.25, 0.3) is 0 Å². The van der Waals surface area contributed by atoms with E-state index in [0.717, 1.165) is 5.69 Å². The maximum absolute atomic E-state index is 12.2. The van der Waals surface area contributed by atoms with Crippen LogP contribution in [-0.4, -0.2) is 10.8 Å². The Morgan fingerprint density at radius 1 is 1.29 bits per heavy atom. The van der Waals surface area contributed by atoms with Crippen LogP contribution in [0.5, 0.6) is 0 Å². The number of anilines is 1. The number of hydrogen-bond donors (Lipinski definition) is 1. The lowest BCUT2D eigenvalue weighted by atomic mass is 10.0. The molecule has 2 aromatic rings. The summed E-state index contributed by atoms with van der Waals surface area (Å²) in [4.78, 5) is 16.3. The monoisotopic (exact) mass is 246 g/mol. The Hall–Kier alpha value is -1.87. The average molecular weight is 247 g/mol. The summed E-state index contributed by atoms with van der Waals surface area (Å²) in [5.74, 6) is -0.208. The second kappa shape index (κ2) is 4.55. The molecule has 0 aliphatic carbocycles. The van der Waals surface area contributed by atoms with Gasteiger partial charge in [0.15, 0.2) is 5.78 Å². The maximum Gasteiger partial charge on any atom is 0.198 e. The molecule has 0 saturated heterocycles. The number of ketones is 1. The zero-order valence-electron chi connectivity index (χ0n) is 9.27. The molecule has 2 N–H and O–H groups in total. The first-order valence-electron chi connectivity index (χ1n) is 5.11. The summed E-state index contributed by atoms with van der Waals surface area (Å²) >= 11 is 5.97. The minimum absolute atomic E-state index is 0.208. The topological polar surface area (TPSA) is 56.0 Å². The third-order valence-electron chi connectivity index (χ3n) is 2.44. The van der Waals surface area contributed by atoms with E-state index in [1.807, 2.05) is 6.92 Å². The summed E-state index contributed by atoms with van der Waals surface area (Å²) < 4.78 is 0. The zero-order chi connectivity index (χ0) is 12.4. The van der Waals surface area contributed by atoms with E-state index in [4.69, 9.17) is 17.3 Å². The third-order valence-corrected chi connectivity index (χ3v) is 2.77. The highest BCUT2D eigenvalue weighted by atomic mass is 35.5. The smallest absolute Gasteiger partial charge is 0.198 e. The van der Waals surface area contributed by atoms with Crippen molar-refractivity contribution in [1.29, 1.82) is 0 Å². The van der Waals surface area contributed by atoms with Crippen molar-refractivity contribution in [2.45, 2.75) is 6.92 Å². The largest absolute Gasteiger partial charge is 0.398 e. The molecule has 0 fully saturated rings. The van der Waals surface area contributed by atoms with Crippen LogP contribution in [0.4, 0.5) is 5.69 Å². The molecule has 0 spiro atoms. The number of aryl methyl sites for hydroxylation is 1. The van der Waals surface area contributed by atoms with Crippen LogP contribution in [0.15, 0.2) is 36.5 Å². The van der Waals surface area contributed by atoms with E-state index in [9.17, 15) is 4.79 Å². The van der Waals surface area contributed by atoms with Gasteiger partial charge in [-0.3, -0.25) is 9.78 Å². The van der Waals surface area contributed by atoms with E-state index in [1.165, 1.54) is 6.20 Å². The number of carbonyl (C=O) groups is 1. The van der Waals surface area contributed by atoms with Crippen molar-refractivity contribution >= 4 is 23.1 Å². The van der Waals surface area contributed by atoms with Gasteiger partial charge < -0.3 is 5.73 Å². The van der Waals surface area contributed by atoms with Crippen molar-refractivity contribution in [3.8, 4) is 0 Å². The summed E-state index contributed by atoms with van der Waals surface area (Å²) in [6, 6.07) is 8.55. The van der Waals surface area contributed by atoms with Crippen LogP contribution in [0.25, 0.3) is 0 Å². The molecule has 0 unspecified atom stereocenters. The minimum atomic E-state index is -0.208. The van der Waals surface area contributed by atoms with Crippen LogP contribution in [0.2, 0.25) is 5.02 Å². The summed E-state index contributed by atoms with van der Waals surface area (Å²) in [7, 11) is 0. The highest BCUT2D eigenvalue weighted by Gasteiger charge is 2.15. The highest BCUT2D eigenvalue weighted by Crippen LogP contribution is 2.21. The Morgan fingerprint density at radius 3 is 2.65 bits per heavy atom. The molecule has 86 valence electrons. The van der Waals surface area contributed by atoms with Crippen LogP contribution in [-0.2, 0) is 0 Å². The quantitative estimate of drug-likeness (QED) is 0.829. The highest BCUT2D eigenvalue weighted by molar-refractivity contribution is 6.35. The van der Waals surface area contributed by atoms with Gasteiger partial charge in [-0.1, -0.05) is 23.7 Å². The zero-order valence-corrected chi connectivity index (χ0v) is 10.0. The van der Waals surface area contributed by atoms with Gasteiger partial charge >= 0.3 is 0 Å². The second-order valence-electron chi connectivity index (χ2n) is 3.72. The van der Waals surface area contributed by atoms with E-state index < -0.39 is 0 Å². The minimum Gasteiger partial charge on any atom is -0.398 e. The lowest BCUT2D eigenvalue weighted by Crippen LogP contribution is -2.07. The Morgan fingerprint density at radius 2 is 2.00 bits per heavy atom. The van der Waals surface area contributed by atoms with Crippen molar-refractivity contribution in [2.24, 2.45) is 0 Å². The van der Waals surface area contributed by atoms with Gasteiger partial charge in [0.2, 0.25) is 0 Å². The number of benzene rings is 1. The first-order chi connectivity index (χ1) is 8.09. The van der Waals surface area contributed by atoms with Crippen molar-refractivity contribution in [2.75, 3.05) is 5.73 Å². The second-order valence-corrected chi connectivity index (χ2v) is 4.13. The molecule has 0 radical (unpaired) electrons. The van der Waals surface area contributed by atoms with E-state index in [-0.39, 0.29) is 5.78 Å². The van der Waals surface area contributed by atoms with E-state index in [2.05, 4.69) is 4.98 Å². The molecule has 4 heteroatoms. The summed E-state index contributed by atoms with van der Waals surface area (Å²) in [5.41, 5.74) is 7.82. The first kappa shape index (κ1) is 11.6. The van der Waals surface area contributed by atoms with Gasteiger partial charge in [0.05, 0.1) is 10.6 Å². The van der Waals surface area contributed by atoms with Gasteiger partial charge in [0, 0.05) is 23.1 Å². The molecule has 0 saturated carbocycles. The first-order valence-corrected chi connectivity index (χ1v) is 5.48. The van der Waals surface area contributed by atoms with Crippen molar-refractivity contribution in [3.05, 3.63) is 58.4 Å². The van der Waals surface area contributed by atoms with Crippen LogP contribution in [0, 0.1) is 6.92 Å². The number of nitrogens with zero attached hydrogens (tertiary/aromatic N) is 1. The number of halogens is 1. The molecular weight excluding hydrogens is 236 g/mol. The predicted molar refractivity (Wildman–Crippen MR) is 68.3 cm³/mol. The predicted octanol–water partition coefficient (Wildman–Crippen LogP) is 2.86. The number of carbonyl (C=O) groups excluding carboxylic acids is 1. The fourth-order valence-corrected chi connectivity index (χ4v) is 1.78. The van der Waals surface area contributed by atoms with Gasteiger partial charge in [-0.15, -0.1) is 0 Å². The van der Waals surface area contributed by atoms with Gasteiger partial charge in [0.1, 0.15) is 0 Å².